The smallest absolute Gasteiger partial charge is 0.357 e. The second-order valence-corrected chi connectivity index (χ2v) is 4.33. The van der Waals surface area contributed by atoms with Crippen LogP contribution in [0.2, 0.25) is 0 Å². The van der Waals surface area contributed by atoms with Gasteiger partial charge in [-0.2, -0.15) is 0 Å². The van der Waals surface area contributed by atoms with Gasteiger partial charge in [0.2, 0.25) is 5.89 Å². The molecule has 96 valence electrons. The number of carbonyl (C=O) groups is 1. The SMILES string of the molecule is CCOC(=O)c1csc(NCc2ncc(C)o2)n1. The van der Waals surface area contributed by atoms with Gasteiger partial charge in [0, 0.05) is 5.38 Å². The van der Waals surface area contributed by atoms with Gasteiger partial charge < -0.3 is 14.5 Å². The molecule has 0 spiro atoms. The van der Waals surface area contributed by atoms with Crippen LogP contribution >= 0.6 is 11.3 Å². The summed E-state index contributed by atoms with van der Waals surface area (Å²) in [6.07, 6.45) is 1.66. The molecule has 0 saturated heterocycles. The summed E-state index contributed by atoms with van der Waals surface area (Å²) in [7, 11) is 0. The summed E-state index contributed by atoms with van der Waals surface area (Å²) >= 11 is 1.34. The van der Waals surface area contributed by atoms with Crippen LogP contribution in [0.15, 0.2) is 16.0 Å². The number of esters is 1. The normalized spacial score (nSPS) is 10.3. The van der Waals surface area contributed by atoms with Gasteiger partial charge in [-0.15, -0.1) is 11.3 Å². The Balaban J connectivity index is 1.92. The minimum Gasteiger partial charge on any atom is -0.461 e. The molecule has 7 heteroatoms. The first-order chi connectivity index (χ1) is 8.69. The predicted molar refractivity (Wildman–Crippen MR) is 66.6 cm³/mol. The Kier molecular flexibility index (Phi) is 3.93. The fraction of sp³-hybridized carbons (Fsp3) is 0.364. The van der Waals surface area contributed by atoms with Crippen molar-refractivity contribution >= 4 is 22.4 Å². The highest BCUT2D eigenvalue weighted by Gasteiger charge is 2.11. The van der Waals surface area contributed by atoms with Crippen LogP contribution in [0.1, 0.15) is 29.1 Å². The molecule has 1 N–H and O–H groups in total. The van der Waals surface area contributed by atoms with Crippen molar-refractivity contribution in [3.05, 3.63) is 28.9 Å². The van der Waals surface area contributed by atoms with E-state index in [9.17, 15) is 4.79 Å². The van der Waals surface area contributed by atoms with E-state index in [2.05, 4.69) is 15.3 Å². The first kappa shape index (κ1) is 12.6. The molecule has 6 nitrogen and oxygen atoms in total. The molecule has 0 aromatic carbocycles. The summed E-state index contributed by atoms with van der Waals surface area (Å²) < 4.78 is 10.2. The lowest BCUT2D eigenvalue weighted by atomic mass is 10.5. The summed E-state index contributed by atoms with van der Waals surface area (Å²) in [5.41, 5.74) is 0.313. The highest BCUT2D eigenvalue weighted by molar-refractivity contribution is 7.13. The van der Waals surface area contributed by atoms with Crippen molar-refractivity contribution in [3.63, 3.8) is 0 Å². The molecule has 2 heterocycles. The van der Waals surface area contributed by atoms with Crippen molar-refractivity contribution in [2.45, 2.75) is 20.4 Å². The number of anilines is 1. The van der Waals surface area contributed by atoms with Crippen LogP contribution in [0.25, 0.3) is 0 Å². The van der Waals surface area contributed by atoms with Gasteiger partial charge in [0.15, 0.2) is 10.8 Å². The maximum atomic E-state index is 11.4. The Labute approximate surface area is 108 Å². The van der Waals surface area contributed by atoms with E-state index in [1.807, 2.05) is 6.92 Å². The first-order valence-corrected chi connectivity index (χ1v) is 6.35. The number of oxazole rings is 1. The van der Waals surface area contributed by atoms with Gasteiger partial charge >= 0.3 is 5.97 Å². The lowest BCUT2D eigenvalue weighted by Crippen LogP contribution is -2.05. The Morgan fingerprint density at radius 1 is 1.61 bits per heavy atom. The number of nitrogens with zero attached hydrogens (tertiary/aromatic N) is 2. The molecule has 2 rings (SSSR count). The zero-order valence-electron chi connectivity index (χ0n) is 10.1. The molecule has 0 aliphatic heterocycles. The molecular formula is C11H13N3O3S. The molecule has 0 amide bonds. The van der Waals surface area contributed by atoms with Crippen LogP contribution in [-0.4, -0.2) is 22.5 Å². The summed E-state index contributed by atoms with van der Waals surface area (Å²) in [6, 6.07) is 0. The molecular weight excluding hydrogens is 254 g/mol. The Morgan fingerprint density at radius 2 is 2.44 bits per heavy atom. The van der Waals surface area contributed by atoms with Crippen molar-refractivity contribution in [3.8, 4) is 0 Å². The topological polar surface area (TPSA) is 77.2 Å². The molecule has 0 unspecified atom stereocenters. The Bertz CT molecular complexity index is 535. The molecule has 0 atom stereocenters. The van der Waals surface area contributed by atoms with Crippen LogP contribution in [0.4, 0.5) is 5.13 Å². The fourth-order valence-corrected chi connectivity index (χ4v) is 1.97. The van der Waals surface area contributed by atoms with Gasteiger partial charge in [0.25, 0.3) is 0 Å². The molecule has 0 bridgehead atoms. The molecule has 0 fully saturated rings. The molecule has 2 aromatic heterocycles. The minimum atomic E-state index is -0.409. The van der Waals surface area contributed by atoms with E-state index in [0.717, 1.165) is 5.76 Å². The summed E-state index contributed by atoms with van der Waals surface area (Å²) in [4.78, 5) is 19.6. The van der Waals surface area contributed by atoms with Gasteiger partial charge in [0.1, 0.15) is 5.76 Å². The number of rotatable bonds is 5. The van der Waals surface area contributed by atoms with E-state index in [0.29, 0.717) is 29.9 Å². The molecule has 2 aromatic rings. The number of hydrogen-bond donors (Lipinski definition) is 1. The van der Waals surface area contributed by atoms with E-state index in [-0.39, 0.29) is 0 Å². The van der Waals surface area contributed by atoms with E-state index in [1.165, 1.54) is 11.3 Å². The van der Waals surface area contributed by atoms with E-state index >= 15 is 0 Å². The first-order valence-electron chi connectivity index (χ1n) is 5.47. The lowest BCUT2D eigenvalue weighted by Gasteiger charge is -1.98. The monoisotopic (exact) mass is 267 g/mol. The highest BCUT2D eigenvalue weighted by Crippen LogP contribution is 2.17. The van der Waals surface area contributed by atoms with Gasteiger partial charge in [-0.25, -0.2) is 14.8 Å². The molecule has 0 radical (unpaired) electrons. The minimum absolute atomic E-state index is 0.313. The number of nitrogens with one attached hydrogen (secondary N) is 1. The van der Waals surface area contributed by atoms with Crippen molar-refractivity contribution in [1.82, 2.24) is 9.97 Å². The zero-order valence-corrected chi connectivity index (χ0v) is 10.9. The number of ether oxygens (including phenoxy) is 1. The van der Waals surface area contributed by atoms with Crippen LogP contribution in [0.3, 0.4) is 0 Å². The van der Waals surface area contributed by atoms with Gasteiger partial charge in [-0.3, -0.25) is 0 Å². The van der Waals surface area contributed by atoms with Crippen LogP contribution in [-0.2, 0) is 11.3 Å². The summed E-state index contributed by atoms with van der Waals surface area (Å²) in [5.74, 6) is 0.937. The second-order valence-electron chi connectivity index (χ2n) is 3.48. The molecule has 18 heavy (non-hydrogen) atoms. The number of aryl methyl sites for hydroxylation is 1. The largest absolute Gasteiger partial charge is 0.461 e. The second kappa shape index (κ2) is 5.63. The van der Waals surface area contributed by atoms with Crippen molar-refractivity contribution in [1.29, 1.82) is 0 Å². The Hall–Kier alpha value is -1.89. The van der Waals surface area contributed by atoms with Gasteiger partial charge in [0.05, 0.1) is 19.3 Å². The van der Waals surface area contributed by atoms with Crippen LogP contribution in [0, 0.1) is 6.92 Å². The highest BCUT2D eigenvalue weighted by atomic mass is 32.1. The lowest BCUT2D eigenvalue weighted by molar-refractivity contribution is 0.0520. The average molecular weight is 267 g/mol. The van der Waals surface area contributed by atoms with Crippen molar-refractivity contribution in [2.24, 2.45) is 0 Å². The summed E-state index contributed by atoms with van der Waals surface area (Å²) in [6.45, 7) is 4.37. The van der Waals surface area contributed by atoms with Crippen molar-refractivity contribution in [2.75, 3.05) is 11.9 Å². The summed E-state index contributed by atoms with van der Waals surface area (Å²) in [5, 5.41) is 5.32. The standard InChI is InChI=1S/C11H13N3O3S/c1-3-16-10(15)8-6-18-11(14-8)13-5-9-12-4-7(2)17-9/h4,6H,3,5H2,1-2H3,(H,13,14). The third kappa shape index (κ3) is 3.07. The fourth-order valence-electron chi connectivity index (χ4n) is 1.29. The molecule has 0 saturated carbocycles. The zero-order chi connectivity index (χ0) is 13.0. The third-order valence-corrected chi connectivity index (χ3v) is 2.85. The number of hydrogen-bond acceptors (Lipinski definition) is 7. The van der Waals surface area contributed by atoms with E-state index < -0.39 is 5.97 Å². The number of carbonyl (C=O) groups excluding carboxylic acids is 1. The van der Waals surface area contributed by atoms with E-state index in [1.54, 1.807) is 18.5 Å². The van der Waals surface area contributed by atoms with Gasteiger partial charge in [-0.05, 0) is 13.8 Å². The molecule has 0 aliphatic rings. The predicted octanol–water partition coefficient (Wildman–Crippen LogP) is 2.23. The van der Waals surface area contributed by atoms with Crippen LogP contribution in [0.5, 0.6) is 0 Å². The van der Waals surface area contributed by atoms with E-state index in [4.69, 9.17) is 9.15 Å². The quantitative estimate of drug-likeness (QED) is 0.837. The van der Waals surface area contributed by atoms with Crippen LogP contribution < -0.4 is 5.32 Å². The Morgan fingerprint density at radius 3 is 3.11 bits per heavy atom. The average Bonchev–Trinajstić information content (AvgIpc) is 2.95. The van der Waals surface area contributed by atoms with Gasteiger partial charge in [-0.1, -0.05) is 0 Å². The van der Waals surface area contributed by atoms with Crippen molar-refractivity contribution < 1.29 is 13.9 Å². The molecule has 0 aliphatic carbocycles. The maximum absolute atomic E-state index is 11.4. The third-order valence-electron chi connectivity index (χ3n) is 2.05. The maximum Gasteiger partial charge on any atom is 0.357 e. The number of aromatic nitrogens is 2. The number of thiazole rings is 1.